The molecule has 1 N–H and O–H groups in total. The molecule has 1 aromatic heterocycles. The van der Waals surface area contributed by atoms with Crippen LogP contribution >= 0.6 is 20.2 Å². The van der Waals surface area contributed by atoms with Crippen LogP contribution in [0.15, 0.2) is 34.3 Å². The molecule has 0 saturated heterocycles. The SMILES string of the molecule is CN=C(C)c1ccc(C(C)=Nc2c(C)cc(C)cc2C)[nH]1.[Cl][Fe][Cl]. The first-order chi connectivity index (χ1) is 11.3. The van der Waals surface area contributed by atoms with Crippen LogP contribution in [0, 0.1) is 20.8 Å². The molecule has 1 heterocycles. The van der Waals surface area contributed by atoms with E-state index in [-0.39, 0.29) is 13.1 Å². The van der Waals surface area contributed by atoms with Gasteiger partial charge in [0.25, 0.3) is 0 Å². The molecule has 0 aliphatic heterocycles. The van der Waals surface area contributed by atoms with Gasteiger partial charge in [0.1, 0.15) is 0 Å². The second-order valence-electron chi connectivity index (χ2n) is 5.59. The number of halogens is 2. The molecule has 0 atom stereocenters. The maximum atomic E-state index is 4.81. The van der Waals surface area contributed by atoms with E-state index in [2.05, 4.69) is 48.9 Å². The van der Waals surface area contributed by atoms with Crippen LogP contribution < -0.4 is 0 Å². The van der Waals surface area contributed by atoms with E-state index in [9.17, 15) is 0 Å². The second-order valence-corrected chi connectivity index (χ2v) is 7.41. The molecule has 24 heavy (non-hydrogen) atoms. The summed E-state index contributed by atoms with van der Waals surface area (Å²) < 4.78 is 0. The Morgan fingerprint density at radius 3 is 1.88 bits per heavy atom. The van der Waals surface area contributed by atoms with Crippen molar-refractivity contribution in [3.05, 3.63) is 52.3 Å². The minimum absolute atomic E-state index is 0.194. The molecule has 0 amide bonds. The van der Waals surface area contributed by atoms with Gasteiger partial charge in [0.15, 0.2) is 0 Å². The number of aromatic nitrogens is 1. The number of aryl methyl sites for hydroxylation is 3. The predicted molar refractivity (Wildman–Crippen MR) is 103 cm³/mol. The normalized spacial score (nSPS) is 12.2. The van der Waals surface area contributed by atoms with Crippen molar-refractivity contribution in [3.63, 3.8) is 0 Å². The predicted octanol–water partition coefficient (Wildman–Crippen LogP) is 5.90. The van der Waals surface area contributed by atoms with Gasteiger partial charge in [-0.15, -0.1) is 0 Å². The number of H-pyrrole nitrogens is 1. The standard InChI is InChI=1S/C18H23N3.2ClH.Fe/c1-11-9-12(2)18(13(3)10-11)20-15(5)17-8-7-16(21-17)14(4)19-6;;;/h7-10,21H,1-6H3;2*1H;/q;;;+2/p-2. The summed E-state index contributed by atoms with van der Waals surface area (Å²) in [4.78, 5) is 12.4. The Bertz CT molecular complexity index is 725. The maximum absolute atomic E-state index is 4.81. The molecule has 0 spiro atoms. The molecule has 3 nitrogen and oxygen atoms in total. The van der Waals surface area contributed by atoms with E-state index >= 15 is 0 Å². The molecular formula is C18H23Cl2FeN3. The zero-order valence-corrected chi connectivity index (χ0v) is 17.4. The monoisotopic (exact) mass is 407 g/mol. The summed E-state index contributed by atoms with van der Waals surface area (Å²) in [5.74, 6) is 0. The van der Waals surface area contributed by atoms with Crippen LogP contribution in [-0.2, 0) is 13.1 Å². The van der Waals surface area contributed by atoms with Crippen LogP contribution in [0.25, 0.3) is 0 Å². The van der Waals surface area contributed by atoms with Crippen molar-refractivity contribution in [2.45, 2.75) is 34.6 Å². The number of hydrogen-bond donors (Lipinski definition) is 1. The molecule has 0 saturated carbocycles. The van der Waals surface area contributed by atoms with Gasteiger partial charge in [-0.2, -0.15) is 0 Å². The van der Waals surface area contributed by atoms with E-state index in [1.807, 2.05) is 19.9 Å². The quantitative estimate of drug-likeness (QED) is 0.486. The van der Waals surface area contributed by atoms with Gasteiger partial charge in [-0.1, -0.05) is 17.7 Å². The van der Waals surface area contributed by atoms with Crippen LogP contribution in [-0.4, -0.2) is 23.5 Å². The molecule has 1 aromatic carbocycles. The van der Waals surface area contributed by atoms with E-state index in [0.29, 0.717) is 0 Å². The van der Waals surface area contributed by atoms with Crippen molar-refractivity contribution in [2.24, 2.45) is 9.98 Å². The topological polar surface area (TPSA) is 40.5 Å². The summed E-state index contributed by atoms with van der Waals surface area (Å²) in [6.45, 7) is 10.4. The van der Waals surface area contributed by atoms with Crippen molar-refractivity contribution in [1.82, 2.24) is 4.98 Å². The second kappa shape index (κ2) is 10.0. The Morgan fingerprint density at radius 2 is 1.42 bits per heavy atom. The van der Waals surface area contributed by atoms with E-state index in [1.165, 1.54) is 16.7 Å². The molecule has 0 fully saturated rings. The molecule has 0 bridgehead atoms. The van der Waals surface area contributed by atoms with Crippen molar-refractivity contribution in [1.29, 1.82) is 0 Å². The Morgan fingerprint density at radius 1 is 0.958 bits per heavy atom. The summed E-state index contributed by atoms with van der Waals surface area (Å²) >= 11 is 0.194. The van der Waals surface area contributed by atoms with Gasteiger partial charge in [0, 0.05) is 7.05 Å². The average molecular weight is 408 g/mol. The third kappa shape index (κ3) is 5.78. The Labute approximate surface area is 159 Å². The molecule has 0 radical (unpaired) electrons. The summed E-state index contributed by atoms with van der Waals surface area (Å²) in [5.41, 5.74) is 8.83. The third-order valence-electron chi connectivity index (χ3n) is 3.72. The van der Waals surface area contributed by atoms with E-state index in [0.717, 1.165) is 28.5 Å². The van der Waals surface area contributed by atoms with Crippen molar-refractivity contribution in [3.8, 4) is 0 Å². The number of aliphatic imine (C=N–C) groups is 2. The Kier molecular flexibility index (Phi) is 8.79. The molecule has 0 aliphatic carbocycles. The summed E-state index contributed by atoms with van der Waals surface area (Å²) in [5, 5.41) is 0. The third-order valence-corrected chi connectivity index (χ3v) is 3.72. The number of aromatic amines is 1. The summed E-state index contributed by atoms with van der Waals surface area (Å²) in [7, 11) is 11.3. The fourth-order valence-electron chi connectivity index (χ4n) is 2.51. The number of nitrogens with one attached hydrogen (secondary N) is 1. The summed E-state index contributed by atoms with van der Waals surface area (Å²) in [6.07, 6.45) is 0. The number of benzene rings is 1. The molecule has 0 unspecified atom stereocenters. The van der Waals surface area contributed by atoms with Crippen LogP contribution in [0.1, 0.15) is 41.9 Å². The molecule has 0 aliphatic rings. The van der Waals surface area contributed by atoms with Crippen molar-refractivity contribution in [2.75, 3.05) is 7.05 Å². The van der Waals surface area contributed by atoms with Gasteiger partial charge in [-0.3, -0.25) is 9.98 Å². The molecule has 2 rings (SSSR count). The van der Waals surface area contributed by atoms with Crippen LogP contribution in [0.4, 0.5) is 5.69 Å². The molecule has 6 heteroatoms. The van der Waals surface area contributed by atoms with Gasteiger partial charge in [-0.05, 0) is 57.9 Å². The Balaban J connectivity index is 0.000000891. The zero-order valence-electron chi connectivity index (χ0n) is 14.8. The fraction of sp³-hybridized carbons (Fsp3) is 0.333. The number of nitrogens with zero attached hydrogens (tertiary/aromatic N) is 2. The zero-order chi connectivity index (χ0) is 18.3. The van der Waals surface area contributed by atoms with Gasteiger partial charge in [-0.25, -0.2) is 0 Å². The Hall–Kier alpha value is -1.06. The van der Waals surface area contributed by atoms with Gasteiger partial charge >= 0.3 is 33.3 Å². The van der Waals surface area contributed by atoms with Crippen LogP contribution in [0.5, 0.6) is 0 Å². The minimum atomic E-state index is 0.194. The van der Waals surface area contributed by atoms with E-state index < -0.39 is 0 Å². The van der Waals surface area contributed by atoms with Gasteiger partial charge in [0.05, 0.1) is 28.5 Å². The first-order valence-corrected chi connectivity index (χ1v) is 10.5. The summed E-state index contributed by atoms with van der Waals surface area (Å²) in [6, 6.07) is 8.45. The first-order valence-electron chi connectivity index (χ1n) is 7.45. The van der Waals surface area contributed by atoms with E-state index in [4.69, 9.17) is 25.2 Å². The van der Waals surface area contributed by atoms with Crippen LogP contribution in [0.3, 0.4) is 0 Å². The molecule has 2 aromatic rings. The first kappa shape index (κ1) is 21.0. The van der Waals surface area contributed by atoms with Crippen LogP contribution in [0.2, 0.25) is 0 Å². The van der Waals surface area contributed by atoms with Gasteiger partial charge < -0.3 is 4.98 Å². The van der Waals surface area contributed by atoms with Crippen molar-refractivity contribution < 1.29 is 13.1 Å². The number of hydrogen-bond acceptors (Lipinski definition) is 2. The fourth-order valence-corrected chi connectivity index (χ4v) is 2.51. The number of rotatable bonds is 3. The van der Waals surface area contributed by atoms with Crippen molar-refractivity contribution >= 4 is 37.3 Å². The molecule has 132 valence electrons. The average Bonchev–Trinajstić information content (AvgIpc) is 3.00. The molecular weight excluding hydrogens is 385 g/mol. The van der Waals surface area contributed by atoms with Gasteiger partial charge in [0.2, 0.25) is 0 Å². The van der Waals surface area contributed by atoms with E-state index in [1.54, 1.807) is 7.05 Å².